The Kier molecular flexibility index (Phi) is 4.39. The Morgan fingerprint density at radius 3 is 2.39 bits per heavy atom. The van der Waals surface area contributed by atoms with Crippen molar-refractivity contribution < 1.29 is 9.90 Å². The minimum Gasteiger partial charge on any atom is -0.389 e. The normalized spacial score (nSPS) is 28.9. The number of likely N-dealkylation sites (tertiary alicyclic amines) is 1. The number of carbonyl (C=O) groups excluding carboxylic acids is 1. The average molecular weight is 252 g/mol. The van der Waals surface area contributed by atoms with Gasteiger partial charge in [-0.2, -0.15) is 5.26 Å². The van der Waals surface area contributed by atoms with Crippen LogP contribution in [-0.2, 0) is 4.79 Å². The topological polar surface area (TPSA) is 64.3 Å². The Balaban J connectivity index is 2.86. The molecule has 4 heteroatoms. The molecule has 1 heterocycles. The molecule has 1 fully saturated rings. The lowest BCUT2D eigenvalue weighted by Gasteiger charge is -2.31. The predicted molar refractivity (Wildman–Crippen MR) is 69.5 cm³/mol. The SMILES string of the molecule is CC(C)C1C(O)C(C#N)C(=O)N1CCC(C)(C)C. The molecule has 0 saturated carbocycles. The summed E-state index contributed by atoms with van der Waals surface area (Å²) in [6, 6.07) is 1.70. The first-order valence-corrected chi connectivity index (χ1v) is 6.57. The Labute approximate surface area is 110 Å². The summed E-state index contributed by atoms with van der Waals surface area (Å²) in [5.74, 6) is -0.951. The predicted octanol–water partition coefficient (Wildman–Crippen LogP) is 1.79. The van der Waals surface area contributed by atoms with E-state index in [0.717, 1.165) is 6.42 Å². The molecule has 0 aliphatic carbocycles. The van der Waals surface area contributed by atoms with Crippen LogP contribution in [0.3, 0.4) is 0 Å². The molecule has 18 heavy (non-hydrogen) atoms. The smallest absolute Gasteiger partial charge is 0.243 e. The number of amides is 1. The lowest BCUT2D eigenvalue weighted by atomic mass is 9.91. The van der Waals surface area contributed by atoms with E-state index in [0.29, 0.717) is 6.54 Å². The molecule has 0 aromatic heterocycles. The first-order chi connectivity index (χ1) is 8.19. The van der Waals surface area contributed by atoms with Gasteiger partial charge in [0.15, 0.2) is 5.92 Å². The van der Waals surface area contributed by atoms with Gasteiger partial charge in [0.05, 0.1) is 18.2 Å². The summed E-state index contributed by atoms with van der Waals surface area (Å²) >= 11 is 0. The number of nitrogens with zero attached hydrogens (tertiary/aromatic N) is 2. The average Bonchev–Trinajstić information content (AvgIpc) is 2.45. The zero-order valence-electron chi connectivity index (χ0n) is 12.0. The van der Waals surface area contributed by atoms with E-state index in [1.807, 2.05) is 19.9 Å². The maximum absolute atomic E-state index is 12.1. The third-order valence-electron chi connectivity index (χ3n) is 3.53. The molecule has 1 amide bonds. The van der Waals surface area contributed by atoms with Crippen LogP contribution in [0.25, 0.3) is 0 Å². The van der Waals surface area contributed by atoms with E-state index < -0.39 is 12.0 Å². The van der Waals surface area contributed by atoms with Crippen LogP contribution in [0.4, 0.5) is 0 Å². The van der Waals surface area contributed by atoms with Gasteiger partial charge in [0, 0.05) is 6.54 Å². The quantitative estimate of drug-likeness (QED) is 0.833. The number of rotatable bonds is 3. The van der Waals surface area contributed by atoms with Gasteiger partial charge >= 0.3 is 0 Å². The highest BCUT2D eigenvalue weighted by atomic mass is 16.3. The van der Waals surface area contributed by atoms with Crippen molar-refractivity contribution in [2.24, 2.45) is 17.3 Å². The Hall–Kier alpha value is -1.08. The zero-order valence-corrected chi connectivity index (χ0v) is 12.0. The molecule has 0 aromatic carbocycles. The summed E-state index contributed by atoms with van der Waals surface area (Å²) in [5.41, 5.74) is 0.136. The van der Waals surface area contributed by atoms with Crippen molar-refractivity contribution in [1.82, 2.24) is 4.90 Å². The second-order valence-corrected chi connectivity index (χ2v) is 6.67. The van der Waals surface area contributed by atoms with Crippen LogP contribution >= 0.6 is 0 Å². The van der Waals surface area contributed by atoms with E-state index >= 15 is 0 Å². The molecule has 1 N–H and O–H groups in total. The summed E-state index contributed by atoms with van der Waals surface area (Å²) in [6.45, 7) is 10.9. The first kappa shape index (κ1) is 15.0. The summed E-state index contributed by atoms with van der Waals surface area (Å²) < 4.78 is 0. The van der Waals surface area contributed by atoms with E-state index in [2.05, 4.69) is 20.8 Å². The maximum Gasteiger partial charge on any atom is 0.243 e. The second-order valence-electron chi connectivity index (χ2n) is 6.67. The Bertz CT molecular complexity index is 352. The van der Waals surface area contributed by atoms with Gasteiger partial charge < -0.3 is 10.0 Å². The van der Waals surface area contributed by atoms with Crippen LogP contribution in [0.2, 0.25) is 0 Å². The molecule has 3 unspecified atom stereocenters. The highest BCUT2D eigenvalue weighted by Gasteiger charge is 2.48. The molecular formula is C14H24N2O2. The molecule has 3 atom stereocenters. The van der Waals surface area contributed by atoms with Gasteiger partial charge in [0.25, 0.3) is 0 Å². The number of hydrogen-bond donors (Lipinski definition) is 1. The van der Waals surface area contributed by atoms with Gasteiger partial charge in [-0.05, 0) is 17.8 Å². The van der Waals surface area contributed by atoms with Crippen LogP contribution in [-0.4, -0.2) is 34.6 Å². The van der Waals surface area contributed by atoms with Gasteiger partial charge in [0.2, 0.25) is 5.91 Å². The molecule has 1 aliphatic heterocycles. The fraction of sp³-hybridized carbons (Fsp3) is 0.857. The minimum atomic E-state index is -0.891. The van der Waals surface area contributed by atoms with Crippen molar-refractivity contribution in [1.29, 1.82) is 5.26 Å². The number of aliphatic hydroxyl groups is 1. The first-order valence-electron chi connectivity index (χ1n) is 6.57. The van der Waals surface area contributed by atoms with Crippen molar-refractivity contribution in [3.8, 4) is 6.07 Å². The van der Waals surface area contributed by atoms with Crippen molar-refractivity contribution in [3.05, 3.63) is 0 Å². The van der Waals surface area contributed by atoms with Crippen LogP contribution in [0.15, 0.2) is 0 Å². The molecule has 1 saturated heterocycles. The fourth-order valence-electron chi connectivity index (χ4n) is 2.45. The second kappa shape index (κ2) is 5.27. The standard InChI is InChI=1S/C14H24N2O2/c1-9(2)11-12(17)10(8-15)13(18)16(11)7-6-14(3,4)5/h9-12,17H,6-7H2,1-5H3. The van der Waals surface area contributed by atoms with Gasteiger partial charge in [0.1, 0.15) is 0 Å². The fourth-order valence-corrected chi connectivity index (χ4v) is 2.45. The highest BCUT2D eigenvalue weighted by Crippen LogP contribution is 2.31. The van der Waals surface area contributed by atoms with E-state index in [-0.39, 0.29) is 23.3 Å². The molecule has 4 nitrogen and oxygen atoms in total. The Morgan fingerprint density at radius 1 is 1.44 bits per heavy atom. The number of carbonyl (C=O) groups is 1. The summed E-state index contributed by atoms with van der Waals surface area (Å²) in [6.07, 6.45) is 0.00906. The van der Waals surface area contributed by atoms with E-state index in [1.165, 1.54) is 0 Å². The van der Waals surface area contributed by atoms with E-state index in [1.54, 1.807) is 4.90 Å². The van der Waals surface area contributed by atoms with Crippen LogP contribution < -0.4 is 0 Å². The molecule has 0 radical (unpaired) electrons. The molecule has 102 valence electrons. The summed E-state index contributed by atoms with van der Waals surface area (Å²) in [5, 5.41) is 19.1. The van der Waals surface area contributed by atoms with E-state index in [4.69, 9.17) is 5.26 Å². The molecular weight excluding hydrogens is 228 g/mol. The minimum absolute atomic E-state index is 0.136. The maximum atomic E-state index is 12.1. The van der Waals surface area contributed by atoms with Crippen LogP contribution in [0.1, 0.15) is 41.0 Å². The molecule has 0 aromatic rings. The lowest BCUT2D eigenvalue weighted by Crippen LogP contribution is -2.42. The van der Waals surface area contributed by atoms with Crippen molar-refractivity contribution in [2.75, 3.05) is 6.54 Å². The van der Waals surface area contributed by atoms with Crippen LogP contribution in [0.5, 0.6) is 0 Å². The summed E-state index contributed by atoms with van der Waals surface area (Å²) in [7, 11) is 0. The molecule has 0 spiro atoms. The summed E-state index contributed by atoms with van der Waals surface area (Å²) in [4.78, 5) is 13.8. The monoisotopic (exact) mass is 252 g/mol. The van der Waals surface area contributed by atoms with E-state index in [9.17, 15) is 9.90 Å². The number of aliphatic hydroxyl groups excluding tert-OH is 1. The lowest BCUT2D eigenvalue weighted by molar-refractivity contribution is -0.131. The van der Waals surface area contributed by atoms with Crippen LogP contribution in [0, 0.1) is 28.6 Å². The van der Waals surface area contributed by atoms with Gasteiger partial charge in [-0.1, -0.05) is 34.6 Å². The van der Waals surface area contributed by atoms with Crippen molar-refractivity contribution in [2.45, 2.75) is 53.2 Å². The van der Waals surface area contributed by atoms with Crippen molar-refractivity contribution in [3.63, 3.8) is 0 Å². The van der Waals surface area contributed by atoms with Gasteiger partial charge in [-0.3, -0.25) is 4.79 Å². The number of hydrogen-bond acceptors (Lipinski definition) is 3. The molecule has 1 aliphatic rings. The van der Waals surface area contributed by atoms with Gasteiger partial charge in [-0.15, -0.1) is 0 Å². The highest BCUT2D eigenvalue weighted by molar-refractivity contribution is 5.85. The molecule has 1 rings (SSSR count). The third kappa shape index (κ3) is 3.02. The number of nitriles is 1. The Morgan fingerprint density at radius 2 is 2.00 bits per heavy atom. The third-order valence-corrected chi connectivity index (χ3v) is 3.53. The van der Waals surface area contributed by atoms with Crippen molar-refractivity contribution >= 4 is 5.91 Å². The van der Waals surface area contributed by atoms with Gasteiger partial charge in [-0.25, -0.2) is 0 Å². The zero-order chi connectivity index (χ0) is 14.1. The largest absolute Gasteiger partial charge is 0.389 e. The molecule has 0 bridgehead atoms.